The molecule has 0 amide bonds. The highest BCUT2D eigenvalue weighted by Crippen LogP contribution is 2.44. The number of rotatable bonds is 4. The summed E-state index contributed by atoms with van der Waals surface area (Å²) in [5.41, 5.74) is 0.388. The monoisotopic (exact) mass is 426 g/mol. The average Bonchev–Trinajstić information content (AvgIpc) is 3.07. The van der Waals surface area contributed by atoms with Crippen molar-refractivity contribution in [3.63, 3.8) is 0 Å². The van der Waals surface area contributed by atoms with Gasteiger partial charge in [0.05, 0.1) is 24.0 Å². The number of benzene rings is 3. The molecule has 5 rings (SSSR count). The van der Waals surface area contributed by atoms with Crippen LogP contribution in [0.5, 0.6) is 11.5 Å². The van der Waals surface area contributed by atoms with Crippen LogP contribution >= 0.6 is 0 Å². The number of hydrogen-bond donors (Lipinski definition) is 1. The Labute approximate surface area is 182 Å². The highest BCUT2D eigenvalue weighted by molar-refractivity contribution is 6.27. The molecule has 0 spiro atoms. The molecule has 1 heterocycles. The van der Waals surface area contributed by atoms with E-state index in [1.54, 1.807) is 72.8 Å². The minimum absolute atomic E-state index is 0.128. The van der Waals surface area contributed by atoms with Gasteiger partial charge in [0.2, 0.25) is 0 Å². The van der Waals surface area contributed by atoms with Crippen LogP contribution in [-0.4, -0.2) is 23.8 Å². The van der Waals surface area contributed by atoms with E-state index in [0.29, 0.717) is 27.8 Å². The molecular formula is C26H18O6. The number of ketones is 2. The molecule has 3 aromatic carbocycles. The molecule has 4 aromatic rings. The number of methoxy groups -OCH3 is 1. The van der Waals surface area contributed by atoms with Crippen LogP contribution in [0.2, 0.25) is 0 Å². The zero-order chi connectivity index (χ0) is 22.4. The van der Waals surface area contributed by atoms with Crippen molar-refractivity contribution in [3.8, 4) is 11.5 Å². The fraction of sp³-hybridized carbons (Fsp3) is 0.115. The summed E-state index contributed by atoms with van der Waals surface area (Å²) in [5, 5.41) is 11.4. The summed E-state index contributed by atoms with van der Waals surface area (Å²) < 4.78 is 10.8. The molecule has 0 fully saturated rings. The lowest BCUT2D eigenvalue weighted by atomic mass is 9.78. The molecule has 1 aliphatic rings. The van der Waals surface area contributed by atoms with Crippen molar-refractivity contribution in [1.82, 2.24) is 0 Å². The molecule has 0 radical (unpaired) electrons. The Morgan fingerprint density at radius 1 is 0.875 bits per heavy atom. The van der Waals surface area contributed by atoms with Gasteiger partial charge >= 0.3 is 5.63 Å². The van der Waals surface area contributed by atoms with Gasteiger partial charge in [-0.15, -0.1) is 0 Å². The van der Waals surface area contributed by atoms with Crippen LogP contribution in [0.3, 0.4) is 0 Å². The van der Waals surface area contributed by atoms with E-state index in [9.17, 15) is 19.5 Å². The predicted octanol–water partition coefficient (Wildman–Crippen LogP) is 4.33. The van der Waals surface area contributed by atoms with E-state index in [1.165, 1.54) is 7.11 Å². The minimum atomic E-state index is -1.21. The lowest BCUT2D eigenvalue weighted by Crippen LogP contribution is -2.28. The van der Waals surface area contributed by atoms with Gasteiger partial charge in [-0.05, 0) is 29.8 Å². The molecule has 1 N–H and O–H groups in total. The summed E-state index contributed by atoms with van der Waals surface area (Å²) in [6.07, 6.45) is 0. The van der Waals surface area contributed by atoms with Crippen LogP contribution in [0, 0.1) is 5.92 Å². The summed E-state index contributed by atoms with van der Waals surface area (Å²) in [4.78, 5) is 39.8. The number of carbonyl (C=O) groups is 2. The maximum Gasteiger partial charge on any atom is 0.343 e. The third kappa shape index (κ3) is 2.92. The van der Waals surface area contributed by atoms with Crippen LogP contribution in [0.15, 0.2) is 82.0 Å². The van der Waals surface area contributed by atoms with Crippen molar-refractivity contribution in [2.45, 2.75) is 5.92 Å². The quantitative estimate of drug-likeness (QED) is 0.386. The van der Waals surface area contributed by atoms with Crippen LogP contribution < -0.4 is 10.4 Å². The van der Waals surface area contributed by atoms with Gasteiger partial charge in [-0.25, -0.2) is 4.79 Å². The molecular weight excluding hydrogens is 408 g/mol. The third-order valence-electron chi connectivity index (χ3n) is 5.94. The van der Waals surface area contributed by atoms with Gasteiger partial charge in [-0.3, -0.25) is 9.59 Å². The highest BCUT2D eigenvalue weighted by atomic mass is 16.5. The van der Waals surface area contributed by atoms with Gasteiger partial charge in [0.25, 0.3) is 0 Å². The van der Waals surface area contributed by atoms with Gasteiger partial charge in [-0.1, -0.05) is 48.5 Å². The first-order chi connectivity index (χ1) is 15.5. The van der Waals surface area contributed by atoms with Crippen LogP contribution in [0.25, 0.3) is 11.0 Å². The summed E-state index contributed by atoms with van der Waals surface area (Å²) in [6, 6.07) is 19.9. The van der Waals surface area contributed by atoms with E-state index in [0.717, 1.165) is 0 Å². The molecule has 1 atom stereocenters. The Morgan fingerprint density at radius 3 is 2.22 bits per heavy atom. The third-order valence-corrected chi connectivity index (χ3v) is 5.94. The average molecular weight is 426 g/mol. The Kier molecular flexibility index (Phi) is 4.63. The minimum Gasteiger partial charge on any atom is -0.507 e. The SMILES string of the molecule is COc1cccc(C(c2c(O)c3ccccc3oc2=O)C2C(=O)c3ccccc3C2=O)c1. The zero-order valence-corrected chi connectivity index (χ0v) is 17.1. The molecule has 32 heavy (non-hydrogen) atoms. The van der Waals surface area contributed by atoms with Crippen molar-refractivity contribution in [3.05, 3.63) is 105 Å². The lowest BCUT2D eigenvalue weighted by molar-refractivity contribution is 0.0824. The van der Waals surface area contributed by atoms with E-state index in [1.807, 2.05) is 0 Å². The van der Waals surface area contributed by atoms with Gasteiger partial charge < -0.3 is 14.3 Å². The first-order valence-electron chi connectivity index (χ1n) is 10.1. The van der Waals surface area contributed by atoms with Gasteiger partial charge in [0, 0.05) is 17.0 Å². The Morgan fingerprint density at radius 2 is 1.53 bits per heavy atom. The number of carbonyl (C=O) groups excluding carboxylic acids is 2. The molecule has 0 saturated carbocycles. The Hall–Kier alpha value is -4.19. The normalized spacial score (nSPS) is 14.5. The van der Waals surface area contributed by atoms with Gasteiger partial charge in [0.15, 0.2) is 11.6 Å². The highest BCUT2D eigenvalue weighted by Gasteiger charge is 2.46. The van der Waals surface area contributed by atoms with Gasteiger partial charge in [-0.2, -0.15) is 0 Å². The molecule has 1 unspecified atom stereocenters. The molecule has 6 heteroatoms. The van der Waals surface area contributed by atoms with Crippen molar-refractivity contribution in [2.75, 3.05) is 7.11 Å². The van der Waals surface area contributed by atoms with Crippen molar-refractivity contribution >= 4 is 22.5 Å². The molecule has 0 bridgehead atoms. The molecule has 1 aliphatic carbocycles. The molecule has 158 valence electrons. The van der Waals surface area contributed by atoms with Crippen LogP contribution in [0.1, 0.15) is 37.8 Å². The second kappa shape index (κ2) is 7.50. The number of fused-ring (bicyclic) bond motifs is 2. The Balaban J connectivity index is 1.80. The van der Waals surface area contributed by atoms with E-state index in [-0.39, 0.29) is 16.9 Å². The zero-order valence-electron chi connectivity index (χ0n) is 17.1. The number of hydrogen-bond acceptors (Lipinski definition) is 6. The van der Waals surface area contributed by atoms with E-state index >= 15 is 0 Å². The first kappa shape index (κ1) is 19.8. The number of Topliss-reactive ketones (excluding diaryl/α,β-unsaturated/α-hetero) is 2. The molecule has 0 aliphatic heterocycles. The van der Waals surface area contributed by atoms with Crippen LogP contribution in [0.4, 0.5) is 0 Å². The number of ether oxygens (including phenoxy) is 1. The molecule has 0 saturated heterocycles. The summed E-state index contributed by atoms with van der Waals surface area (Å²) >= 11 is 0. The van der Waals surface area contributed by atoms with Gasteiger partial charge in [0.1, 0.15) is 17.1 Å². The van der Waals surface area contributed by atoms with E-state index < -0.39 is 29.0 Å². The maximum absolute atomic E-state index is 13.4. The second-order valence-electron chi connectivity index (χ2n) is 7.65. The first-order valence-corrected chi connectivity index (χ1v) is 10.1. The smallest absolute Gasteiger partial charge is 0.343 e. The summed E-state index contributed by atoms with van der Waals surface area (Å²) in [6.45, 7) is 0. The molecule has 6 nitrogen and oxygen atoms in total. The Bertz CT molecular complexity index is 1410. The summed E-state index contributed by atoms with van der Waals surface area (Å²) in [5.74, 6) is -2.88. The number of para-hydroxylation sites is 1. The predicted molar refractivity (Wildman–Crippen MR) is 118 cm³/mol. The van der Waals surface area contributed by atoms with Crippen molar-refractivity contribution in [2.24, 2.45) is 5.92 Å². The largest absolute Gasteiger partial charge is 0.507 e. The lowest BCUT2D eigenvalue weighted by Gasteiger charge is -2.23. The maximum atomic E-state index is 13.4. The fourth-order valence-corrected chi connectivity index (χ4v) is 4.45. The van der Waals surface area contributed by atoms with Crippen molar-refractivity contribution < 1.29 is 23.8 Å². The molecule has 1 aromatic heterocycles. The second-order valence-corrected chi connectivity index (χ2v) is 7.65. The topological polar surface area (TPSA) is 93.8 Å². The number of aromatic hydroxyl groups is 1. The fourth-order valence-electron chi connectivity index (χ4n) is 4.45. The van der Waals surface area contributed by atoms with Crippen molar-refractivity contribution in [1.29, 1.82) is 0 Å². The summed E-state index contributed by atoms with van der Waals surface area (Å²) in [7, 11) is 1.50. The van der Waals surface area contributed by atoms with Crippen LogP contribution in [-0.2, 0) is 0 Å². The van der Waals surface area contributed by atoms with E-state index in [2.05, 4.69) is 0 Å². The van der Waals surface area contributed by atoms with E-state index in [4.69, 9.17) is 9.15 Å². The standard InChI is InChI=1S/C26H18O6/c1-31-15-8-6-7-14(13-15)20(21-23(27)16-9-2-3-10-17(16)24(21)28)22-25(29)18-11-4-5-12-19(18)32-26(22)30/h2-13,20-21,29H,1H3.